The van der Waals surface area contributed by atoms with E-state index in [2.05, 4.69) is 4.90 Å². The molecule has 98 valence electrons. The summed E-state index contributed by atoms with van der Waals surface area (Å²) in [5.41, 5.74) is 0.187. The number of halogens is 1. The molecule has 2 aliphatic rings. The van der Waals surface area contributed by atoms with Crippen molar-refractivity contribution in [2.24, 2.45) is 0 Å². The van der Waals surface area contributed by atoms with Crippen molar-refractivity contribution in [3.63, 3.8) is 0 Å². The fourth-order valence-electron chi connectivity index (χ4n) is 3.38. The van der Waals surface area contributed by atoms with Crippen molar-refractivity contribution in [3.05, 3.63) is 28.8 Å². The standard InChI is InChI=1S/C14H18ClNO2/c1-18-12-9-10(4-5-11(12)15)14(17)6-8-16-7-2-3-13(14)16/h4-5,9,13,17H,2-3,6-8H2,1H3. The second-order valence-electron chi connectivity index (χ2n) is 5.22. The zero-order chi connectivity index (χ0) is 12.8. The van der Waals surface area contributed by atoms with Gasteiger partial charge < -0.3 is 9.84 Å². The molecule has 2 fully saturated rings. The average molecular weight is 268 g/mol. The molecule has 1 aromatic carbocycles. The van der Waals surface area contributed by atoms with Gasteiger partial charge in [0.25, 0.3) is 0 Å². The molecule has 1 aromatic rings. The molecule has 18 heavy (non-hydrogen) atoms. The minimum Gasteiger partial charge on any atom is -0.495 e. The van der Waals surface area contributed by atoms with Gasteiger partial charge in [-0.05, 0) is 43.5 Å². The number of hydrogen-bond donors (Lipinski definition) is 1. The molecule has 1 N–H and O–H groups in total. The van der Waals surface area contributed by atoms with Crippen LogP contribution in [0.25, 0.3) is 0 Å². The molecule has 4 heteroatoms. The molecule has 0 aromatic heterocycles. The third kappa shape index (κ3) is 1.73. The van der Waals surface area contributed by atoms with E-state index < -0.39 is 5.60 Å². The molecule has 2 aliphatic heterocycles. The lowest BCUT2D eigenvalue weighted by Crippen LogP contribution is -2.38. The molecule has 2 unspecified atom stereocenters. The van der Waals surface area contributed by atoms with E-state index in [0.717, 1.165) is 31.5 Å². The van der Waals surface area contributed by atoms with Crippen molar-refractivity contribution in [2.45, 2.75) is 30.9 Å². The molecule has 0 saturated carbocycles. The largest absolute Gasteiger partial charge is 0.495 e. The van der Waals surface area contributed by atoms with Crippen molar-refractivity contribution in [1.29, 1.82) is 0 Å². The van der Waals surface area contributed by atoms with E-state index in [0.29, 0.717) is 10.8 Å². The van der Waals surface area contributed by atoms with Crippen LogP contribution in [-0.2, 0) is 5.60 Å². The monoisotopic (exact) mass is 267 g/mol. The second kappa shape index (κ2) is 4.41. The summed E-state index contributed by atoms with van der Waals surface area (Å²) in [6.07, 6.45) is 3.04. The van der Waals surface area contributed by atoms with Crippen molar-refractivity contribution in [3.8, 4) is 5.75 Å². The minimum atomic E-state index is -0.742. The Morgan fingerprint density at radius 1 is 1.44 bits per heavy atom. The predicted molar refractivity (Wildman–Crippen MR) is 71.1 cm³/mol. The van der Waals surface area contributed by atoms with E-state index >= 15 is 0 Å². The number of methoxy groups -OCH3 is 1. The highest BCUT2D eigenvalue weighted by Gasteiger charge is 2.49. The van der Waals surface area contributed by atoms with Crippen LogP contribution in [-0.4, -0.2) is 36.2 Å². The van der Waals surface area contributed by atoms with Crippen LogP contribution in [0.5, 0.6) is 5.75 Å². The molecule has 0 amide bonds. The lowest BCUT2D eigenvalue weighted by molar-refractivity contribution is 0.00922. The SMILES string of the molecule is COc1cc(C2(O)CCN3CCCC32)ccc1Cl. The van der Waals surface area contributed by atoms with E-state index in [9.17, 15) is 5.11 Å². The van der Waals surface area contributed by atoms with Gasteiger partial charge in [-0.15, -0.1) is 0 Å². The first-order chi connectivity index (χ1) is 8.65. The van der Waals surface area contributed by atoms with Crippen LogP contribution >= 0.6 is 11.6 Å². The molecule has 0 radical (unpaired) electrons. The number of hydrogen-bond acceptors (Lipinski definition) is 3. The van der Waals surface area contributed by atoms with Crippen molar-refractivity contribution in [2.75, 3.05) is 20.2 Å². The number of rotatable bonds is 2. The van der Waals surface area contributed by atoms with Crippen molar-refractivity contribution < 1.29 is 9.84 Å². The molecule has 2 heterocycles. The highest BCUT2D eigenvalue weighted by Crippen LogP contribution is 2.44. The van der Waals surface area contributed by atoms with Crippen LogP contribution in [0.3, 0.4) is 0 Å². The van der Waals surface area contributed by atoms with Gasteiger partial charge in [0.2, 0.25) is 0 Å². The Morgan fingerprint density at radius 2 is 2.28 bits per heavy atom. The Morgan fingerprint density at radius 3 is 3.06 bits per heavy atom. The summed E-state index contributed by atoms with van der Waals surface area (Å²) in [5, 5.41) is 11.6. The van der Waals surface area contributed by atoms with Crippen LogP contribution in [0.2, 0.25) is 5.02 Å². The van der Waals surface area contributed by atoms with Crippen LogP contribution in [0.4, 0.5) is 0 Å². The number of benzene rings is 1. The summed E-state index contributed by atoms with van der Waals surface area (Å²) in [6.45, 7) is 2.09. The van der Waals surface area contributed by atoms with Gasteiger partial charge in [0, 0.05) is 12.6 Å². The first-order valence-electron chi connectivity index (χ1n) is 6.45. The lowest BCUT2D eigenvalue weighted by atomic mass is 9.85. The summed E-state index contributed by atoms with van der Waals surface area (Å²) in [4.78, 5) is 2.39. The van der Waals surface area contributed by atoms with Crippen molar-refractivity contribution >= 4 is 11.6 Å². The number of fused-ring (bicyclic) bond motifs is 1. The first-order valence-corrected chi connectivity index (χ1v) is 6.83. The van der Waals surface area contributed by atoms with Crippen LogP contribution in [0.1, 0.15) is 24.8 Å². The van der Waals surface area contributed by atoms with Gasteiger partial charge in [0.1, 0.15) is 11.4 Å². The third-order valence-corrected chi connectivity index (χ3v) is 4.66. The summed E-state index contributed by atoms with van der Waals surface area (Å²) < 4.78 is 5.24. The van der Waals surface area contributed by atoms with Gasteiger partial charge >= 0.3 is 0 Å². The maximum atomic E-state index is 11.0. The predicted octanol–water partition coefficient (Wildman–Crippen LogP) is 2.40. The summed E-state index contributed by atoms with van der Waals surface area (Å²) in [5.74, 6) is 0.638. The minimum absolute atomic E-state index is 0.253. The molecule has 3 nitrogen and oxygen atoms in total. The molecule has 0 bridgehead atoms. The Labute approximate surface area is 112 Å². The smallest absolute Gasteiger partial charge is 0.137 e. The van der Waals surface area contributed by atoms with Gasteiger partial charge in [0.15, 0.2) is 0 Å². The van der Waals surface area contributed by atoms with Gasteiger partial charge in [0.05, 0.1) is 12.1 Å². The van der Waals surface area contributed by atoms with E-state index in [-0.39, 0.29) is 6.04 Å². The Hall–Kier alpha value is -0.770. The number of nitrogens with zero attached hydrogens (tertiary/aromatic N) is 1. The average Bonchev–Trinajstić information content (AvgIpc) is 2.95. The van der Waals surface area contributed by atoms with Crippen LogP contribution in [0, 0.1) is 0 Å². The molecular weight excluding hydrogens is 250 g/mol. The van der Waals surface area contributed by atoms with E-state index in [1.807, 2.05) is 18.2 Å². The fraction of sp³-hybridized carbons (Fsp3) is 0.571. The summed E-state index contributed by atoms with van der Waals surface area (Å²) in [7, 11) is 1.60. The molecule has 2 saturated heterocycles. The maximum absolute atomic E-state index is 11.0. The molecule has 0 spiro atoms. The Bertz CT molecular complexity index is 465. The Balaban J connectivity index is 1.98. The topological polar surface area (TPSA) is 32.7 Å². The number of aliphatic hydroxyl groups is 1. The third-order valence-electron chi connectivity index (χ3n) is 4.35. The van der Waals surface area contributed by atoms with Gasteiger partial charge in [-0.2, -0.15) is 0 Å². The molecule has 2 atom stereocenters. The van der Waals surface area contributed by atoms with E-state index in [1.54, 1.807) is 7.11 Å². The Kier molecular flexibility index (Phi) is 3.00. The lowest BCUT2D eigenvalue weighted by Gasteiger charge is -2.30. The van der Waals surface area contributed by atoms with Gasteiger partial charge in [-0.3, -0.25) is 4.90 Å². The fourth-order valence-corrected chi connectivity index (χ4v) is 3.58. The van der Waals surface area contributed by atoms with Crippen molar-refractivity contribution in [1.82, 2.24) is 4.90 Å². The summed E-state index contributed by atoms with van der Waals surface area (Å²) in [6, 6.07) is 5.87. The highest BCUT2D eigenvalue weighted by atomic mass is 35.5. The highest BCUT2D eigenvalue weighted by molar-refractivity contribution is 6.32. The second-order valence-corrected chi connectivity index (χ2v) is 5.62. The summed E-state index contributed by atoms with van der Waals surface area (Å²) >= 11 is 6.04. The molecule has 3 rings (SSSR count). The van der Waals surface area contributed by atoms with Gasteiger partial charge in [-0.25, -0.2) is 0 Å². The molecule has 0 aliphatic carbocycles. The van der Waals surface area contributed by atoms with E-state index in [4.69, 9.17) is 16.3 Å². The number of ether oxygens (including phenoxy) is 1. The quantitative estimate of drug-likeness (QED) is 0.893. The van der Waals surface area contributed by atoms with E-state index in [1.165, 1.54) is 6.42 Å². The zero-order valence-electron chi connectivity index (χ0n) is 10.5. The molecular formula is C14H18ClNO2. The van der Waals surface area contributed by atoms with Crippen LogP contribution in [0.15, 0.2) is 18.2 Å². The van der Waals surface area contributed by atoms with Gasteiger partial charge in [-0.1, -0.05) is 17.7 Å². The first kappa shape index (κ1) is 12.3. The zero-order valence-corrected chi connectivity index (χ0v) is 11.3. The maximum Gasteiger partial charge on any atom is 0.137 e. The van der Waals surface area contributed by atoms with Crippen LogP contribution < -0.4 is 4.74 Å². The normalized spacial score (nSPS) is 31.6.